The number of rotatable bonds is 7. The summed E-state index contributed by atoms with van der Waals surface area (Å²) >= 11 is 0. The van der Waals surface area contributed by atoms with Crippen LogP contribution in [0.3, 0.4) is 0 Å². The quantitative estimate of drug-likeness (QED) is 0.259. The number of hydrogen-bond donors (Lipinski definition) is 6. The highest BCUT2D eigenvalue weighted by Gasteiger charge is 2.68. The van der Waals surface area contributed by atoms with Gasteiger partial charge in [0, 0.05) is 17.1 Å². The number of benzene rings is 1. The molecule has 1 saturated carbocycles. The number of carbonyl (C=O) groups is 3. The molecular formula is C30H41N3O8. The zero-order chi connectivity index (χ0) is 30.9. The van der Waals surface area contributed by atoms with E-state index in [0.717, 1.165) is 19.4 Å². The molecule has 0 aliphatic heterocycles. The van der Waals surface area contributed by atoms with Gasteiger partial charge in [0.05, 0.1) is 23.6 Å². The Morgan fingerprint density at radius 3 is 2.24 bits per heavy atom. The van der Waals surface area contributed by atoms with Gasteiger partial charge in [-0.2, -0.15) is 0 Å². The molecule has 41 heavy (non-hydrogen) atoms. The Morgan fingerprint density at radius 1 is 1.10 bits per heavy atom. The van der Waals surface area contributed by atoms with E-state index >= 15 is 0 Å². The van der Waals surface area contributed by atoms with Gasteiger partial charge in [-0.3, -0.25) is 19.3 Å². The number of nitrogens with zero attached hydrogens (tertiary/aromatic N) is 2. The Balaban J connectivity index is 1.94. The first-order valence-corrected chi connectivity index (χ1v) is 13.7. The van der Waals surface area contributed by atoms with Gasteiger partial charge < -0.3 is 36.2 Å². The van der Waals surface area contributed by atoms with Gasteiger partial charge in [-0.15, -0.1) is 0 Å². The van der Waals surface area contributed by atoms with Crippen molar-refractivity contribution in [2.24, 2.45) is 17.6 Å². The van der Waals surface area contributed by atoms with E-state index in [1.807, 2.05) is 27.9 Å². The summed E-state index contributed by atoms with van der Waals surface area (Å²) in [5.41, 5.74) is 1.67. The number of aliphatic hydroxyl groups excluding tert-OH is 3. The third-order valence-corrected chi connectivity index (χ3v) is 9.27. The Labute approximate surface area is 239 Å². The van der Waals surface area contributed by atoms with Gasteiger partial charge in [-0.25, -0.2) is 0 Å². The number of Topliss-reactive ketones (excluding diaryl/α,β-unsaturated/α-hetero) is 2. The average Bonchev–Trinajstić information content (AvgIpc) is 2.85. The number of hydrogen-bond acceptors (Lipinski definition) is 10. The van der Waals surface area contributed by atoms with E-state index in [-0.39, 0.29) is 11.3 Å². The summed E-state index contributed by atoms with van der Waals surface area (Å²) in [5.74, 6) is -8.83. The van der Waals surface area contributed by atoms with E-state index in [9.17, 15) is 39.9 Å². The predicted octanol–water partition coefficient (Wildman–Crippen LogP) is 1.12. The van der Waals surface area contributed by atoms with E-state index in [4.69, 9.17) is 5.73 Å². The molecular weight excluding hydrogens is 530 g/mol. The van der Waals surface area contributed by atoms with Crippen molar-refractivity contribution in [3.8, 4) is 5.75 Å². The van der Waals surface area contributed by atoms with Gasteiger partial charge in [0.25, 0.3) is 5.91 Å². The van der Waals surface area contributed by atoms with Gasteiger partial charge in [0.15, 0.2) is 11.4 Å². The third-order valence-electron chi connectivity index (χ3n) is 9.27. The topological polar surface area (TPSA) is 185 Å². The van der Waals surface area contributed by atoms with Crippen molar-refractivity contribution in [3.63, 3.8) is 0 Å². The highest BCUT2D eigenvalue weighted by molar-refractivity contribution is 6.24. The van der Waals surface area contributed by atoms with Gasteiger partial charge in [0.2, 0.25) is 5.78 Å². The minimum Gasteiger partial charge on any atom is -0.508 e. The van der Waals surface area contributed by atoms with Crippen LogP contribution in [0.15, 0.2) is 29.0 Å². The van der Waals surface area contributed by atoms with Crippen molar-refractivity contribution < 1.29 is 39.9 Å². The van der Waals surface area contributed by atoms with E-state index < -0.39 is 81.1 Å². The lowest BCUT2D eigenvalue weighted by molar-refractivity contribution is -0.169. The van der Waals surface area contributed by atoms with Crippen molar-refractivity contribution >= 4 is 23.2 Å². The monoisotopic (exact) mass is 571 g/mol. The first kappa shape index (κ1) is 30.7. The minimum atomic E-state index is -2.93. The highest BCUT2D eigenvalue weighted by Crippen LogP contribution is 2.57. The van der Waals surface area contributed by atoms with Crippen LogP contribution in [0.4, 0.5) is 0 Å². The molecule has 0 saturated heterocycles. The number of amides is 1. The SMILES string of the molecule is C[C@H]1c2ccc(C(C)(C)CCCN(C)C)c(O)c2C(O)=C2C(=O)[C@@]3(O)C(O)=C(C(N)=O)C(=O)[C@@H](N(C)C)[C@@H]3[C@@H](O)[C@@H]21. The molecule has 11 heteroatoms. The Morgan fingerprint density at radius 2 is 1.71 bits per heavy atom. The maximum absolute atomic E-state index is 14.1. The molecule has 0 spiro atoms. The number of phenolic OH excluding ortho intramolecular Hbond substituents is 1. The Kier molecular flexibility index (Phi) is 7.66. The van der Waals surface area contributed by atoms with Crippen LogP contribution in [0.25, 0.3) is 5.76 Å². The molecule has 0 unspecified atom stereocenters. The molecule has 1 aromatic carbocycles. The van der Waals surface area contributed by atoms with Gasteiger partial charge in [-0.05, 0) is 64.5 Å². The fourth-order valence-corrected chi connectivity index (χ4v) is 7.13. The first-order chi connectivity index (χ1) is 18.9. The molecule has 224 valence electrons. The number of likely N-dealkylation sites (N-methyl/N-ethyl adjacent to an activating group) is 1. The van der Waals surface area contributed by atoms with Crippen LogP contribution in [-0.4, -0.2) is 105 Å². The molecule has 0 radical (unpaired) electrons. The van der Waals surface area contributed by atoms with Gasteiger partial charge >= 0.3 is 0 Å². The number of phenols is 1. The van der Waals surface area contributed by atoms with Gasteiger partial charge in [0.1, 0.15) is 22.8 Å². The average molecular weight is 572 g/mol. The third kappa shape index (κ3) is 4.37. The number of nitrogens with two attached hydrogens (primary N) is 1. The summed E-state index contributed by atoms with van der Waals surface area (Å²) < 4.78 is 0. The van der Waals surface area contributed by atoms with Crippen LogP contribution < -0.4 is 5.73 Å². The number of carbonyl (C=O) groups excluding carboxylic acids is 3. The summed E-state index contributed by atoms with van der Waals surface area (Å²) in [7, 11) is 6.90. The van der Waals surface area contributed by atoms with E-state index in [1.54, 1.807) is 19.1 Å². The Hall–Kier alpha value is -3.25. The molecule has 0 aromatic heterocycles. The molecule has 11 nitrogen and oxygen atoms in total. The second kappa shape index (κ2) is 10.2. The maximum Gasteiger partial charge on any atom is 0.255 e. The second-order valence-electron chi connectivity index (χ2n) is 12.8. The maximum atomic E-state index is 14.1. The lowest BCUT2D eigenvalue weighted by atomic mass is 9.54. The first-order valence-electron chi connectivity index (χ1n) is 13.7. The van der Waals surface area contributed by atoms with Crippen molar-refractivity contribution in [1.29, 1.82) is 0 Å². The lowest BCUT2D eigenvalue weighted by Crippen LogP contribution is -2.70. The van der Waals surface area contributed by atoms with Crippen molar-refractivity contribution in [1.82, 2.24) is 9.80 Å². The van der Waals surface area contributed by atoms with Crippen molar-refractivity contribution in [2.45, 2.75) is 62.7 Å². The van der Waals surface area contributed by atoms with Crippen LogP contribution >= 0.6 is 0 Å². The highest BCUT2D eigenvalue weighted by atomic mass is 16.4. The molecule has 1 aromatic rings. The molecule has 3 aliphatic rings. The van der Waals surface area contributed by atoms with Gasteiger partial charge in [-0.1, -0.05) is 32.9 Å². The number of ketones is 2. The fourth-order valence-electron chi connectivity index (χ4n) is 7.13. The van der Waals surface area contributed by atoms with Crippen LogP contribution in [0, 0.1) is 11.8 Å². The van der Waals surface area contributed by atoms with E-state index in [2.05, 4.69) is 4.90 Å². The lowest BCUT2D eigenvalue weighted by Gasteiger charge is -2.53. The smallest absolute Gasteiger partial charge is 0.255 e. The summed E-state index contributed by atoms with van der Waals surface area (Å²) in [6.45, 7) is 6.51. The fraction of sp³-hybridized carbons (Fsp3) is 0.567. The zero-order valence-electron chi connectivity index (χ0n) is 24.6. The molecule has 7 N–H and O–H groups in total. The van der Waals surface area contributed by atoms with Crippen molar-refractivity contribution in [3.05, 3.63) is 45.7 Å². The van der Waals surface area contributed by atoms with Crippen LogP contribution in [0.5, 0.6) is 5.75 Å². The molecule has 1 fully saturated rings. The normalized spacial score (nSPS) is 30.1. The largest absolute Gasteiger partial charge is 0.508 e. The van der Waals surface area contributed by atoms with Crippen molar-refractivity contribution in [2.75, 3.05) is 34.7 Å². The number of fused-ring (bicyclic) bond motifs is 3. The molecule has 3 aliphatic carbocycles. The molecule has 4 rings (SSSR count). The van der Waals surface area contributed by atoms with Crippen LogP contribution in [-0.2, 0) is 19.8 Å². The predicted molar refractivity (Wildman–Crippen MR) is 151 cm³/mol. The molecule has 6 atom stereocenters. The Bertz CT molecular complexity index is 1380. The molecule has 0 bridgehead atoms. The number of aromatic hydroxyl groups is 1. The molecule has 0 heterocycles. The minimum absolute atomic E-state index is 0.0131. The van der Waals surface area contributed by atoms with Crippen LogP contribution in [0.1, 0.15) is 56.2 Å². The summed E-state index contributed by atoms with van der Waals surface area (Å²) in [4.78, 5) is 43.0. The van der Waals surface area contributed by atoms with Crippen LogP contribution in [0.2, 0.25) is 0 Å². The zero-order valence-corrected chi connectivity index (χ0v) is 24.6. The summed E-state index contributed by atoms with van der Waals surface area (Å²) in [6, 6.07) is 2.16. The number of aliphatic hydroxyl groups is 4. The standard InChI is InChI=1S/C30H41N3O8/c1-13-14-9-10-15(29(2,3)11-8-12-32(4)5)22(34)17(14)23(35)18-16(13)24(36)20-21(33(6)7)25(37)19(28(31)40)27(39)30(20,41)26(18)38/h9-10,13,16,20-21,24,34-36,39,41H,8,11-12H2,1-7H3,(H2,31,40)/t13-,16+,20+,21-,24-,30+/m0/s1. The van der Waals surface area contributed by atoms with E-state index in [0.29, 0.717) is 11.1 Å². The number of primary amides is 1. The van der Waals surface area contributed by atoms with E-state index in [1.165, 1.54) is 19.0 Å². The second-order valence-corrected chi connectivity index (χ2v) is 12.8. The summed E-state index contributed by atoms with van der Waals surface area (Å²) in [6.07, 6.45) is -0.0447. The summed E-state index contributed by atoms with van der Waals surface area (Å²) in [5, 5.41) is 57.6. The molecule has 1 amide bonds.